The molecule has 0 unspecified atom stereocenters. The van der Waals surface area contributed by atoms with Crippen molar-refractivity contribution in [3.63, 3.8) is 0 Å². The largest absolute Gasteiger partial charge is 0.545 e. The summed E-state index contributed by atoms with van der Waals surface area (Å²) >= 11 is 0. The normalized spacial score (nSPS) is 10.2. The van der Waals surface area contributed by atoms with E-state index in [2.05, 4.69) is 36.4 Å². The van der Waals surface area contributed by atoms with Crippen molar-refractivity contribution in [2.24, 2.45) is 0 Å². The van der Waals surface area contributed by atoms with Gasteiger partial charge in [-0.15, -0.1) is 0 Å². The Morgan fingerprint density at radius 3 is 1.17 bits per heavy atom. The highest BCUT2D eigenvalue weighted by molar-refractivity contribution is 7.97. The molecule has 0 aliphatic heterocycles. The zero-order valence-corrected chi connectivity index (χ0v) is 20.4. The molecule has 0 spiro atoms. The molecule has 4 aromatic carbocycles. The molecule has 0 saturated heterocycles. The zero-order chi connectivity index (χ0) is 25.2. The predicted octanol–water partition coefficient (Wildman–Crippen LogP) is 5.00. The standard InChI is InChI=1S/C21H21O3S.C7H5FO2/c1-22-16-4-10-19(11-5-16)25(20-12-6-17(23-2)7-13-20)21-14-8-18(24-3)9-15-21;8-6-3-1-5(2-4-6)7(9)10/h4-15H,1-3H3;1-4H,(H,9,10)/q+1;/p-1. The van der Waals surface area contributed by atoms with Crippen LogP contribution >= 0.6 is 0 Å². The monoisotopic (exact) mass is 492 g/mol. The fraction of sp³-hybridized carbons (Fsp3) is 0.107. The van der Waals surface area contributed by atoms with E-state index >= 15 is 0 Å². The van der Waals surface area contributed by atoms with Crippen LogP contribution in [0.1, 0.15) is 10.4 Å². The Balaban J connectivity index is 0.000000287. The van der Waals surface area contributed by atoms with Crippen molar-refractivity contribution in [2.75, 3.05) is 21.3 Å². The van der Waals surface area contributed by atoms with Gasteiger partial charge >= 0.3 is 0 Å². The molecule has 0 saturated carbocycles. The minimum absolute atomic E-state index is 0.0126. The van der Waals surface area contributed by atoms with Crippen LogP contribution in [0, 0.1) is 5.82 Å². The first kappa shape index (κ1) is 25.6. The van der Waals surface area contributed by atoms with Crippen molar-refractivity contribution in [1.82, 2.24) is 0 Å². The van der Waals surface area contributed by atoms with Gasteiger partial charge in [0.05, 0.1) is 38.2 Å². The molecule has 7 heteroatoms. The molecule has 0 heterocycles. The highest BCUT2D eigenvalue weighted by Gasteiger charge is 2.28. The van der Waals surface area contributed by atoms with E-state index in [0.29, 0.717) is 0 Å². The van der Waals surface area contributed by atoms with Crippen LogP contribution in [0.15, 0.2) is 112 Å². The lowest BCUT2D eigenvalue weighted by atomic mass is 10.2. The molecule has 0 fully saturated rings. The van der Waals surface area contributed by atoms with Crippen molar-refractivity contribution in [3.8, 4) is 17.2 Å². The summed E-state index contributed by atoms with van der Waals surface area (Å²) in [6.45, 7) is 0. The molecule has 4 rings (SSSR count). The van der Waals surface area contributed by atoms with E-state index in [-0.39, 0.29) is 16.5 Å². The number of ether oxygens (including phenoxy) is 3. The first-order valence-corrected chi connectivity index (χ1v) is 11.8. The van der Waals surface area contributed by atoms with Crippen LogP contribution in [0.2, 0.25) is 0 Å². The average Bonchev–Trinajstić information content (AvgIpc) is 2.90. The van der Waals surface area contributed by atoms with Gasteiger partial charge in [0.15, 0.2) is 14.7 Å². The van der Waals surface area contributed by atoms with Gasteiger partial charge in [0.2, 0.25) is 0 Å². The van der Waals surface area contributed by atoms with Gasteiger partial charge in [0, 0.05) is 0 Å². The summed E-state index contributed by atoms with van der Waals surface area (Å²) in [7, 11) is 4.83. The molecule has 0 aliphatic carbocycles. The molecule has 0 N–H and O–H groups in total. The number of carbonyl (C=O) groups excluding carboxylic acids is 1. The van der Waals surface area contributed by atoms with Crippen molar-refractivity contribution in [2.45, 2.75) is 14.7 Å². The Labute approximate surface area is 207 Å². The van der Waals surface area contributed by atoms with Gasteiger partial charge in [0.25, 0.3) is 0 Å². The summed E-state index contributed by atoms with van der Waals surface area (Å²) < 4.78 is 28.0. The molecule has 180 valence electrons. The van der Waals surface area contributed by atoms with Crippen LogP contribution in [-0.4, -0.2) is 27.3 Å². The summed E-state index contributed by atoms with van der Waals surface area (Å²) in [6, 6.07) is 29.2. The molecule has 0 bridgehead atoms. The Kier molecular flexibility index (Phi) is 9.15. The first-order valence-electron chi connectivity index (χ1n) is 10.6. The first-order chi connectivity index (χ1) is 16.9. The van der Waals surface area contributed by atoms with Gasteiger partial charge in [-0.2, -0.15) is 0 Å². The predicted molar refractivity (Wildman–Crippen MR) is 132 cm³/mol. The fourth-order valence-electron chi connectivity index (χ4n) is 3.13. The van der Waals surface area contributed by atoms with Gasteiger partial charge in [-0.25, -0.2) is 4.39 Å². The zero-order valence-electron chi connectivity index (χ0n) is 19.6. The van der Waals surface area contributed by atoms with Gasteiger partial charge in [-0.1, -0.05) is 12.1 Å². The van der Waals surface area contributed by atoms with Gasteiger partial charge < -0.3 is 24.1 Å². The van der Waals surface area contributed by atoms with Gasteiger partial charge in [-0.05, 0) is 90.5 Å². The summed E-state index contributed by atoms with van der Waals surface area (Å²) in [5.74, 6) is 0.829. The van der Waals surface area contributed by atoms with Crippen molar-refractivity contribution >= 4 is 16.9 Å². The van der Waals surface area contributed by atoms with Gasteiger partial charge in [-0.3, -0.25) is 0 Å². The topological polar surface area (TPSA) is 67.8 Å². The average molecular weight is 493 g/mol. The third kappa shape index (κ3) is 7.01. The molecule has 0 atom stereocenters. The molecule has 5 nitrogen and oxygen atoms in total. The van der Waals surface area contributed by atoms with Crippen LogP contribution < -0.4 is 19.3 Å². The number of hydrogen-bond acceptors (Lipinski definition) is 5. The second-order valence-electron chi connectivity index (χ2n) is 7.13. The molecular weight excluding hydrogens is 467 g/mol. The smallest absolute Gasteiger partial charge is 0.166 e. The van der Waals surface area contributed by atoms with E-state index in [1.165, 1.54) is 14.7 Å². The summed E-state index contributed by atoms with van der Waals surface area (Å²) in [6.07, 6.45) is 0. The minimum atomic E-state index is -1.29. The fourth-order valence-corrected chi connectivity index (χ4v) is 5.17. The van der Waals surface area contributed by atoms with Crippen molar-refractivity contribution < 1.29 is 28.5 Å². The third-order valence-electron chi connectivity index (χ3n) is 4.97. The van der Waals surface area contributed by atoms with Crippen LogP contribution in [0.25, 0.3) is 0 Å². The molecule has 0 aliphatic rings. The second kappa shape index (κ2) is 12.5. The molecule has 4 aromatic rings. The molecule has 0 radical (unpaired) electrons. The van der Waals surface area contributed by atoms with Crippen LogP contribution in [0.5, 0.6) is 17.2 Å². The van der Waals surface area contributed by atoms with Crippen molar-refractivity contribution in [1.29, 1.82) is 0 Å². The number of halogens is 1. The number of carboxylic acid groups (broad SMARTS) is 1. The molecule has 35 heavy (non-hydrogen) atoms. The van der Waals surface area contributed by atoms with E-state index in [0.717, 1.165) is 41.5 Å². The van der Waals surface area contributed by atoms with E-state index in [1.807, 2.05) is 36.4 Å². The Morgan fingerprint density at radius 2 is 0.914 bits per heavy atom. The van der Waals surface area contributed by atoms with Crippen molar-refractivity contribution in [3.05, 3.63) is 108 Å². The Bertz CT molecular complexity index is 1100. The lowest BCUT2D eigenvalue weighted by Gasteiger charge is -2.10. The van der Waals surface area contributed by atoms with E-state index < -0.39 is 11.8 Å². The van der Waals surface area contributed by atoms with Crippen LogP contribution in [0.4, 0.5) is 4.39 Å². The lowest BCUT2D eigenvalue weighted by molar-refractivity contribution is -0.255. The van der Waals surface area contributed by atoms with Crippen LogP contribution in [0.3, 0.4) is 0 Å². The SMILES string of the molecule is COc1ccc([S+](c2ccc(OC)cc2)c2ccc(OC)cc2)cc1.O=C([O-])c1ccc(F)cc1. The Morgan fingerprint density at radius 1 is 0.600 bits per heavy atom. The quantitative estimate of drug-likeness (QED) is 0.340. The molecule has 0 amide bonds. The maximum atomic E-state index is 12.1. The summed E-state index contributed by atoms with van der Waals surface area (Å²) in [5, 5.41) is 10.1. The van der Waals surface area contributed by atoms with Crippen LogP contribution in [-0.2, 0) is 10.9 Å². The highest BCUT2D eigenvalue weighted by atomic mass is 32.2. The Hall–Kier alpha value is -3.97. The minimum Gasteiger partial charge on any atom is -0.545 e. The number of aromatic carboxylic acids is 1. The maximum absolute atomic E-state index is 12.1. The number of carboxylic acids is 1. The summed E-state index contributed by atoms with van der Waals surface area (Å²) in [4.78, 5) is 13.8. The molecule has 0 aromatic heterocycles. The van der Waals surface area contributed by atoms with E-state index in [4.69, 9.17) is 14.2 Å². The number of methoxy groups -OCH3 is 3. The summed E-state index contributed by atoms with van der Waals surface area (Å²) in [5.41, 5.74) is -0.0126. The van der Waals surface area contributed by atoms with E-state index in [9.17, 15) is 14.3 Å². The lowest BCUT2D eigenvalue weighted by Crippen LogP contribution is -2.21. The number of carbonyl (C=O) groups is 1. The third-order valence-corrected chi connectivity index (χ3v) is 7.20. The molecular formula is C28H25FO5S. The maximum Gasteiger partial charge on any atom is 0.166 e. The van der Waals surface area contributed by atoms with Gasteiger partial charge in [0.1, 0.15) is 23.1 Å². The number of rotatable bonds is 7. The number of benzene rings is 4. The second-order valence-corrected chi connectivity index (χ2v) is 9.15. The van der Waals surface area contributed by atoms with E-state index in [1.54, 1.807) is 21.3 Å². The number of hydrogen-bond donors (Lipinski definition) is 0. The highest BCUT2D eigenvalue weighted by Crippen LogP contribution is 2.33.